The maximum absolute atomic E-state index is 13.6. The van der Waals surface area contributed by atoms with E-state index in [9.17, 15) is 18.0 Å². The molecule has 5 nitrogen and oxygen atoms in total. The number of carbonyl (C=O) groups excluding carboxylic acids is 1. The lowest BCUT2D eigenvalue weighted by Crippen LogP contribution is -2.30. The predicted molar refractivity (Wildman–Crippen MR) is 95.8 cm³/mol. The van der Waals surface area contributed by atoms with Gasteiger partial charge in [-0.25, -0.2) is 9.50 Å². The molecule has 0 fully saturated rings. The summed E-state index contributed by atoms with van der Waals surface area (Å²) in [4.78, 5) is 16.8. The van der Waals surface area contributed by atoms with Crippen molar-refractivity contribution in [1.82, 2.24) is 19.9 Å². The molecule has 142 valence electrons. The molecule has 0 spiro atoms. The molecule has 3 aromatic rings. The van der Waals surface area contributed by atoms with Gasteiger partial charge in [0.05, 0.1) is 11.4 Å². The lowest BCUT2D eigenvalue weighted by Gasteiger charge is -2.12. The Morgan fingerprint density at radius 1 is 1.22 bits per heavy atom. The van der Waals surface area contributed by atoms with Gasteiger partial charge in [0.25, 0.3) is 5.91 Å². The van der Waals surface area contributed by atoms with Crippen molar-refractivity contribution < 1.29 is 18.0 Å². The van der Waals surface area contributed by atoms with Crippen LogP contribution >= 0.6 is 11.6 Å². The number of fused-ring (bicyclic) bond motifs is 1. The van der Waals surface area contributed by atoms with Crippen molar-refractivity contribution >= 4 is 23.2 Å². The fraction of sp³-hybridized carbons (Fsp3) is 0.278. The molecule has 2 aromatic heterocycles. The first-order chi connectivity index (χ1) is 12.6. The Bertz CT molecular complexity index is 1010. The number of nitrogens with zero attached hydrogens (tertiary/aromatic N) is 3. The lowest BCUT2D eigenvalue weighted by molar-refractivity contribution is -0.142. The van der Waals surface area contributed by atoms with Gasteiger partial charge in [-0.1, -0.05) is 23.7 Å². The van der Waals surface area contributed by atoms with Crippen molar-refractivity contribution in [3.05, 3.63) is 52.3 Å². The summed E-state index contributed by atoms with van der Waals surface area (Å²) in [6.45, 7) is 4.99. The maximum atomic E-state index is 13.6. The van der Waals surface area contributed by atoms with Gasteiger partial charge in [0.2, 0.25) is 0 Å². The number of aryl methyl sites for hydroxylation is 1. The number of alkyl halides is 3. The molecule has 2 heterocycles. The Hall–Kier alpha value is -2.61. The molecular weight excluding hydrogens is 381 g/mol. The molecule has 0 bridgehead atoms. The van der Waals surface area contributed by atoms with E-state index in [-0.39, 0.29) is 28.6 Å². The van der Waals surface area contributed by atoms with Gasteiger partial charge < -0.3 is 5.32 Å². The van der Waals surface area contributed by atoms with Crippen LogP contribution in [-0.2, 0) is 6.18 Å². The molecule has 0 aliphatic rings. The van der Waals surface area contributed by atoms with E-state index >= 15 is 0 Å². The summed E-state index contributed by atoms with van der Waals surface area (Å²) in [5.41, 5.74) is -0.453. The van der Waals surface area contributed by atoms with E-state index in [1.807, 2.05) is 0 Å². The zero-order chi connectivity index (χ0) is 19.9. The van der Waals surface area contributed by atoms with Crippen LogP contribution in [0.1, 0.15) is 35.6 Å². The van der Waals surface area contributed by atoms with Gasteiger partial charge in [-0.3, -0.25) is 4.79 Å². The summed E-state index contributed by atoms with van der Waals surface area (Å²) < 4.78 is 41.5. The van der Waals surface area contributed by atoms with Crippen molar-refractivity contribution in [3.8, 4) is 11.3 Å². The Morgan fingerprint density at radius 2 is 1.85 bits per heavy atom. The lowest BCUT2D eigenvalue weighted by atomic mass is 10.1. The van der Waals surface area contributed by atoms with E-state index in [2.05, 4.69) is 15.4 Å². The highest BCUT2D eigenvalue weighted by molar-refractivity contribution is 6.30. The molecule has 1 aromatic carbocycles. The SMILES string of the molecule is Cc1nn2c(C(F)(F)F)cc(-c3ccc(Cl)cc3)nc2c1C(=O)NC(C)C. The van der Waals surface area contributed by atoms with E-state index in [1.165, 1.54) is 6.92 Å². The molecular formula is C18H16ClF3N4O. The Labute approximate surface area is 158 Å². The topological polar surface area (TPSA) is 59.3 Å². The van der Waals surface area contributed by atoms with Gasteiger partial charge in [-0.15, -0.1) is 0 Å². The number of hydrogen-bond donors (Lipinski definition) is 1. The average Bonchev–Trinajstić information content (AvgIpc) is 2.88. The van der Waals surface area contributed by atoms with Crippen molar-refractivity contribution in [2.24, 2.45) is 0 Å². The minimum Gasteiger partial charge on any atom is -0.350 e. The number of nitrogens with one attached hydrogen (secondary N) is 1. The van der Waals surface area contributed by atoms with E-state index in [1.54, 1.807) is 38.1 Å². The van der Waals surface area contributed by atoms with Gasteiger partial charge in [0.15, 0.2) is 11.3 Å². The molecule has 0 saturated carbocycles. The van der Waals surface area contributed by atoms with Crippen LogP contribution in [0.5, 0.6) is 0 Å². The normalized spacial score (nSPS) is 12.0. The third-order valence-corrected chi connectivity index (χ3v) is 4.09. The monoisotopic (exact) mass is 396 g/mol. The molecule has 0 radical (unpaired) electrons. The van der Waals surface area contributed by atoms with Crippen LogP contribution in [0.15, 0.2) is 30.3 Å². The summed E-state index contributed by atoms with van der Waals surface area (Å²) in [7, 11) is 0. The summed E-state index contributed by atoms with van der Waals surface area (Å²) in [6.07, 6.45) is -4.67. The second kappa shape index (κ2) is 6.84. The second-order valence-electron chi connectivity index (χ2n) is 6.36. The van der Waals surface area contributed by atoms with Crippen molar-refractivity contribution in [1.29, 1.82) is 0 Å². The minimum atomic E-state index is -4.67. The van der Waals surface area contributed by atoms with Gasteiger partial charge in [0.1, 0.15) is 5.56 Å². The third-order valence-electron chi connectivity index (χ3n) is 3.84. The zero-order valence-corrected chi connectivity index (χ0v) is 15.5. The summed E-state index contributed by atoms with van der Waals surface area (Å²) >= 11 is 5.85. The largest absolute Gasteiger partial charge is 0.433 e. The van der Waals surface area contributed by atoms with Gasteiger partial charge in [-0.2, -0.15) is 18.3 Å². The summed E-state index contributed by atoms with van der Waals surface area (Å²) in [5.74, 6) is -0.522. The Morgan fingerprint density at radius 3 is 2.41 bits per heavy atom. The molecule has 9 heteroatoms. The first kappa shape index (κ1) is 19.2. The first-order valence-electron chi connectivity index (χ1n) is 8.12. The number of amides is 1. The van der Waals surface area contributed by atoms with Crippen molar-refractivity contribution in [3.63, 3.8) is 0 Å². The number of hydrogen-bond acceptors (Lipinski definition) is 3. The first-order valence-corrected chi connectivity index (χ1v) is 8.50. The van der Waals surface area contributed by atoms with Crippen LogP contribution in [-0.4, -0.2) is 26.5 Å². The molecule has 0 saturated heterocycles. The molecule has 0 unspecified atom stereocenters. The quantitative estimate of drug-likeness (QED) is 0.708. The van der Waals surface area contributed by atoms with E-state index in [0.717, 1.165) is 6.07 Å². The van der Waals surface area contributed by atoms with Crippen LogP contribution in [0.3, 0.4) is 0 Å². The number of halogens is 4. The van der Waals surface area contributed by atoms with Crippen LogP contribution in [0, 0.1) is 6.92 Å². The number of aromatic nitrogens is 3. The van der Waals surface area contributed by atoms with Gasteiger partial charge in [-0.05, 0) is 39.0 Å². The van der Waals surface area contributed by atoms with Crippen molar-refractivity contribution in [2.45, 2.75) is 33.0 Å². The third kappa shape index (κ3) is 3.75. The molecule has 1 amide bonds. The van der Waals surface area contributed by atoms with Crippen LogP contribution in [0.25, 0.3) is 16.9 Å². The smallest absolute Gasteiger partial charge is 0.350 e. The van der Waals surface area contributed by atoms with E-state index in [0.29, 0.717) is 15.1 Å². The second-order valence-corrected chi connectivity index (χ2v) is 6.79. The Kier molecular flexibility index (Phi) is 4.86. The molecule has 0 aliphatic carbocycles. The number of rotatable bonds is 3. The number of benzene rings is 1. The van der Waals surface area contributed by atoms with Gasteiger partial charge >= 0.3 is 6.18 Å². The number of carbonyl (C=O) groups is 1. The summed E-state index contributed by atoms with van der Waals surface area (Å²) in [6, 6.07) is 6.98. The fourth-order valence-corrected chi connectivity index (χ4v) is 2.82. The van der Waals surface area contributed by atoms with Crippen molar-refractivity contribution in [2.75, 3.05) is 0 Å². The Balaban J connectivity index is 2.30. The summed E-state index contributed by atoms with van der Waals surface area (Å²) in [5, 5.41) is 7.03. The maximum Gasteiger partial charge on any atom is 0.433 e. The van der Waals surface area contributed by atoms with Crippen LogP contribution in [0.4, 0.5) is 13.2 Å². The molecule has 0 aliphatic heterocycles. The molecule has 0 atom stereocenters. The molecule has 3 rings (SSSR count). The molecule has 1 N–H and O–H groups in total. The van der Waals surface area contributed by atoms with Crippen LogP contribution < -0.4 is 5.32 Å². The minimum absolute atomic E-state index is 0.0185. The standard InChI is InChI=1S/C18H16ClF3N4O/c1-9(2)23-17(27)15-10(3)25-26-14(18(20,21)22)8-13(24-16(15)26)11-4-6-12(19)7-5-11/h4-9H,1-3H3,(H,23,27). The predicted octanol–water partition coefficient (Wildman–Crippen LogP) is 4.52. The average molecular weight is 397 g/mol. The fourth-order valence-electron chi connectivity index (χ4n) is 2.69. The van der Waals surface area contributed by atoms with E-state index < -0.39 is 17.8 Å². The zero-order valence-electron chi connectivity index (χ0n) is 14.7. The van der Waals surface area contributed by atoms with Gasteiger partial charge in [0, 0.05) is 16.6 Å². The van der Waals surface area contributed by atoms with Crippen LogP contribution in [0.2, 0.25) is 5.02 Å². The highest BCUT2D eigenvalue weighted by atomic mass is 35.5. The van der Waals surface area contributed by atoms with E-state index in [4.69, 9.17) is 11.6 Å². The highest BCUT2D eigenvalue weighted by Gasteiger charge is 2.36. The molecule has 27 heavy (non-hydrogen) atoms. The highest BCUT2D eigenvalue weighted by Crippen LogP contribution is 2.33.